The molecule has 0 saturated heterocycles. The van der Waals surface area contributed by atoms with Crippen molar-refractivity contribution >= 4 is 55.9 Å². The minimum absolute atomic E-state index is 0.845. The van der Waals surface area contributed by atoms with Crippen LogP contribution in [0.4, 0.5) is 34.1 Å². The monoisotopic (exact) mass is 681 g/mol. The summed E-state index contributed by atoms with van der Waals surface area (Å²) in [5.41, 5.74) is 13.5. The van der Waals surface area contributed by atoms with Gasteiger partial charge in [0, 0.05) is 33.5 Å². The molecule has 0 atom stereocenters. The SMILES string of the molecule is Cc1ccc(N(c2ccc(-c3ccccc3)cc2)c2cccc3c2c2ccccc2n3-c2ccc(N3c4ccccc4Oc4ccccc43)cc2)cc1. The molecule has 0 amide bonds. The Balaban J connectivity index is 1.12. The van der Waals surface area contributed by atoms with Crippen LogP contribution in [0.1, 0.15) is 5.56 Å². The van der Waals surface area contributed by atoms with Crippen LogP contribution in [0, 0.1) is 6.92 Å². The van der Waals surface area contributed by atoms with E-state index in [9.17, 15) is 0 Å². The molecule has 53 heavy (non-hydrogen) atoms. The second-order valence-corrected chi connectivity index (χ2v) is 13.5. The van der Waals surface area contributed by atoms with Crippen LogP contribution in [0.3, 0.4) is 0 Å². The summed E-state index contributed by atoms with van der Waals surface area (Å²) in [5.74, 6) is 1.69. The summed E-state index contributed by atoms with van der Waals surface area (Å²) < 4.78 is 8.68. The standard InChI is InChI=1S/C49H35N3O/c1-34-22-26-37(27-23-34)50(38-28-24-36(25-29-38)35-12-3-2-4-13-35)45-18-11-19-46-49(45)41-14-5-6-15-42(41)51(46)39-30-32-40(33-31-39)52-43-16-7-9-20-47(43)53-48-21-10-8-17-44(48)52/h2-33H,1H3. The molecule has 0 spiro atoms. The predicted octanol–water partition coefficient (Wildman–Crippen LogP) is 13.8. The molecule has 0 bridgehead atoms. The number of hydrogen-bond acceptors (Lipinski definition) is 3. The van der Waals surface area contributed by atoms with Crippen molar-refractivity contribution < 1.29 is 4.74 Å². The van der Waals surface area contributed by atoms with Gasteiger partial charge in [0.05, 0.1) is 28.1 Å². The van der Waals surface area contributed by atoms with E-state index in [-0.39, 0.29) is 0 Å². The maximum absolute atomic E-state index is 6.28. The highest BCUT2D eigenvalue weighted by molar-refractivity contribution is 6.16. The summed E-state index contributed by atoms with van der Waals surface area (Å²) >= 11 is 0. The topological polar surface area (TPSA) is 20.6 Å². The first-order valence-corrected chi connectivity index (χ1v) is 18.0. The zero-order valence-corrected chi connectivity index (χ0v) is 29.2. The molecule has 4 nitrogen and oxygen atoms in total. The Hall–Kier alpha value is -7.04. The zero-order valence-electron chi connectivity index (χ0n) is 29.2. The third-order valence-electron chi connectivity index (χ3n) is 10.2. The Kier molecular flexibility index (Phi) is 7.33. The second-order valence-electron chi connectivity index (χ2n) is 13.5. The first-order valence-electron chi connectivity index (χ1n) is 18.0. The molecule has 0 fully saturated rings. The summed E-state index contributed by atoms with van der Waals surface area (Å²) in [6, 6.07) is 69.1. The first kappa shape index (κ1) is 30.8. The third kappa shape index (κ3) is 5.23. The molecule has 0 N–H and O–H groups in total. The van der Waals surface area contributed by atoms with Crippen molar-refractivity contribution in [2.75, 3.05) is 9.80 Å². The molecule has 0 unspecified atom stereocenters. The van der Waals surface area contributed by atoms with Gasteiger partial charge in [-0.1, -0.05) is 109 Å². The summed E-state index contributed by atoms with van der Waals surface area (Å²) in [6.07, 6.45) is 0. The number of ether oxygens (including phenoxy) is 1. The third-order valence-corrected chi connectivity index (χ3v) is 10.2. The number of para-hydroxylation sites is 5. The highest BCUT2D eigenvalue weighted by Gasteiger charge is 2.26. The van der Waals surface area contributed by atoms with E-state index in [1.165, 1.54) is 27.5 Å². The minimum atomic E-state index is 0.845. The van der Waals surface area contributed by atoms with E-state index >= 15 is 0 Å². The van der Waals surface area contributed by atoms with E-state index in [0.29, 0.717) is 0 Å². The molecule has 1 aliphatic heterocycles. The van der Waals surface area contributed by atoms with Gasteiger partial charge in [0.25, 0.3) is 0 Å². The van der Waals surface area contributed by atoms with E-state index in [0.717, 1.165) is 62.3 Å². The van der Waals surface area contributed by atoms with Crippen molar-refractivity contribution in [3.8, 4) is 28.3 Å². The Labute approximate surface area is 309 Å². The molecule has 10 rings (SSSR count). The number of aryl methyl sites for hydroxylation is 1. The summed E-state index contributed by atoms with van der Waals surface area (Å²) in [4.78, 5) is 4.67. The number of benzene rings is 8. The Bertz CT molecular complexity index is 2700. The fourth-order valence-corrected chi connectivity index (χ4v) is 7.75. The van der Waals surface area contributed by atoms with Gasteiger partial charge in [-0.15, -0.1) is 0 Å². The summed E-state index contributed by atoms with van der Waals surface area (Å²) in [6.45, 7) is 2.14. The lowest BCUT2D eigenvalue weighted by Gasteiger charge is -2.32. The van der Waals surface area contributed by atoms with Crippen molar-refractivity contribution in [3.05, 3.63) is 200 Å². The Morgan fingerprint density at radius 1 is 0.434 bits per heavy atom. The lowest BCUT2D eigenvalue weighted by atomic mass is 10.0. The average molecular weight is 682 g/mol. The molecular formula is C49H35N3O. The average Bonchev–Trinajstić information content (AvgIpc) is 3.56. The number of nitrogens with zero attached hydrogens (tertiary/aromatic N) is 3. The fourth-order valence-electron chi connectivity index (χ4n) is 7.75. The maximum Gasteiger partial charge on any atom is 0.151 e. The van der Waals surface area contributed by atoms with Crippen LogP contribution in [0.5, 0.6) is 11.5 Å². The van der Waals surface area contributed by atoms with E-state index in [4.69, 9.17) is 4.74 Å². The van der Waals surface area contributed by atoms with Gasteiger partial charge in [-0.25, -0.2) is 0 Å². The van der Waals surface area contributed by atoms with E-state index in [1.807, 2.05) is 24.3 Å². The molecule has 0 aliphatic carbocycles. The van der Waals surface area contributed by atoms with E-state index in [1.54, 1.807) is 0 Å². The van der Waals surface area contributed by atoms with Gasteiger partial charge < -0.3 is 19.1 Å². The summed E-state index contributed by atoms with van der Waals surface area (Å²) in [5, 5.41) is 2.41. The number of aromatic nitrogens is 1. The van der Waals surface area contributed by atoms with Crippen molar-refractivity contribution in [1.29, 1.82) is 0 Å². The number of anilines is 6. The van der Waals surface area contributed by atoms with Crippen LogP contribution in [0.25, 0.3) is 38.6 Å². The number of rotatable bonds is 6. The Morgan fingerprint density at radius 2 is 0.981 bits per heavy atom. The minimum Gasteiger partial charge on any atom is -0.453 e. The molecule has 9 aromatic rings. The molecule has 1 aromatic heterocycles. The van der Waals surface area contributed by atoms with Gasteiger partial charge in [-0.3, -0.25) is 0 Å². The maximum atomic E-state index is 6.28. The largest absolute Gasteiger partial charge is 0.453 e. The van der Waals surface area contributed by atoms with Gasteiger partial charge in [0.2, 0.25) is 0 Å². The summed E-state index contributed by atoms with van der Waals surface area (Å²) in [7, 11) is 0. The van der Waals surface area contributed by atoms with Gasteiger partial charge >= 0.3 is 0 Å². The smallest absolute Gasteiger partial charge is 0.151 e. The zero-order chi connectivity index (χ0) is 35.3. The van der Waals surface area contributed by atoms with E-state index in [2.05, 4.69) is 191 Å². The predicted molar refractivity (Wildman–Crippen MR) is 220 cm³/mol. The molecule has 1 aliphatic rings. The quantitative estimate of drug-likeness (QED) is 0.174. The van der Waals surface area contributed by atoms with Crippen molar-refractivity contribution in [2.24, 2.45) is 0 Å². The van der Waals surface area contributed by atoms with Gasteiger partial charge in [-0.2, -0.15) is 0 Å². The molecule has 0 saturated carbocycles. The lowest BCUT2D eigenvalue weighted by Crippen LogP contribution is -2.15. The van der Waals surface area contributed by atoms with Crippen LogP contribution >= 0.6 is 0 Å². The van der Waals surface area contributed by atoms with Gasteiger partial charge in [-0.05, 0) is 109 Å². The molecule has 0 radical (unpaired) electrons. The molecular weight excluding hydrogens is 647 g/mol. The second kappa shape index (κ2) is 12.6. The lowest BCUT2D eigenvalue weighted by molar-refractivity contribution is 0.477. The van der Waals surface area contributed by atoms with Crippen LogP contribution in [0.2, 0.25) is 0 Å². The molecule has 2 heterocycles. The van der Waals surface area contributed by atoms with E-state index < -0.39 is 0 Å². The molecule has 8 aromatic carbocycles. The highest BCUT2D eigenvalue weighted by atomic mass is 16.5. The van der Waals surface area contributed by atoms with Crippen LogP contribution in [-0.2, 0) is 0 Å². The molecule has 252 valence electrons. The fraction of sp³-hybridized carbons (Fsp3) is 0.0204. The van der Waals surface area contributed by atoms with Gasteiger partial charge in [0.1, 0.15) is 0 Å². The normalized spacial score (nSPS) is 12.0. The van der Waals surface area contributed by atoms with Crippen LogP contribution < -0.4 is 14.5 Å². The number of hydrogen-bond donors (Lipinski definition) is 0. The van der Waals surface area contributed by atoms with Gasteiger partial charge in [0.15, 0.2) is 11.5 Å². The van der Waals surface area contributed by atoms with Crippen molar-refractivity contribution in [2.45, 2.75) is 6.92 Å². The van der Waals surface area contributed by atoms with Crippen molar-refractivity contribution in [1.82, 2.24) is 4.57 Å². The van der Waals surface area contributed by atoms with Crippen LogP contribution in [-0.4, -0.2) is 4.57 Å². The van der Waals surface area contributed by atoms with Crippen molar-refractivity contribution in [3.63, 3.8) is 0 Å². The van der Waals surface area contributed by atoms with Crippen LogP contribution in [0.15, 0.2) is 194 Å². The first-order chi connectivity index (χ1) is 26.2. The number of fused-ring (bicyclic) bond motifs is 5. The molecule has 4 heteroatoms. The Morgan fingerprint density at radius 3 is 1.68 bits per heavy atom. The highest BCUT2D eigenvalue weighted by Crippen LogP contribution is 2.50.